The minimum absolute atomic E-state index is 0.0516. The molecule has 322 valence electrons. The lowest BCUT2D eigenvalue weighted by Crippen LogP contribution is -2.60. The number of carboxylic acids is 1. The molecule has 0 aromatic carbocycles. The summed E-state index contributed by atoms with van der Waals surface area (Å²) in [6, 6.07) is -7.99. The Bertz CT molecular complexity index is 1340. The van der Waals surface area contributed by atoms with E-state index in [4.69, 9.17) is 5.11 Å². The van der Waals surface area contributed by atoms with Gasteiger partial charge < -0.3 is 52.5 Å². The molecule has 7 amide bonds. The zero-order chi connectivity index (χ0) is 43.6. The van der Waals surface area contributed by atoms with Crippen LogP contribution in [-0.2, 0) is 38.4 Å². The van der Waals surface area contributed by atoms with Gasteiger partial charge in [-0.05, 0) is 69.1 Å². The average molecular weight is 800 g/mol. The van der Waals surface area contributed by atoms with Gasteiger partial charge in [0.05, 0.1) is 6.61 Å². The number of nitrogens with one attached hydrogen (secondary N) is 7. The molecule has 0 fully saturated rings. The highest BCUT2D eigenvalue weighted by Crippen LogP contribution is 2.13. The molecule has 56 heavy (non-hydrogen) atoms. The second-order valence-corrected chi connectivity index (χ2v) is 16.5. The van der Waals surface area contributed by atoms with E-state index < -0.39 is 108 Å². The predicted molar refractivity (Wildman–Crippen MR) is 208 cm³/mol. The number of hydrogen-bond donors (Lipinski definition) is 10. The Labute approximate surface area is 331 Å². The molecule has 0 rings (SSSR count). The quantitative estimate of drug-likeness (QED) is 0.0572. The third-order valence-electron chi connectivity index (χ3n) is 8.56. The fourth-order valence-electron chi connectivity index (χ4n) is 5.54. The molecule has 0 aromatic heterocycles. The lowest BCUT2D eigenvalue weighted by Gasteiger charge is -2.29. The predicted octanol–water partition coefficient (Wildman–Crippen LogP) is -0.302. The van der Waals surface area contributed by atoms with Gasteiger partial charge in [-0.2, -0.15) is 0 Å². The van der Waals surface area contributed by atoms with E-state index in [0.29, 0.717) is 0 Å². The molecule has 0 saturated carbocycles. The molecule has 0 heterocycles. The van der Waals surface area contributed by atoms with Crippen molar-refractivity contribution in [1.82, 2.24) is 37.2 Å². The van der Waals surface area contributed by atoms with Crippen molar-refractivity contribution >= 4 is 47.3 Å². The van der Waals surface area contributed by atoms with Crippen LogP contribution in [0.4, 0.5) is 0 Å². The van der Waals surface area contributed by atoms with Gasteiger partial charge in [-0.15, -0.1) is 0 Å². The van der Waals surface area contributed by atoms with Gasteiger partial charge >= 0.3 is 5.97 Å². The number of aliphatic hydroxyl groups is 2. The summed E-state index contributed by atoms with van der Waals surface area (Å²) in [7, 11) is 0. The number of aliphatic carboxylic acids is 1. The minimum Gasteiger partial charge on any atom is -0.480 e. The molecule has 18 heteroatoms. The summed E-state index contributed by atoms with van der Waals surface area (Å²) < 4.78 is 0. The Morgan fingerprint density at radius 2 is 0.714 bits per heavy atom. The normalized spacial score (nSPS) is 15.8. The molecule has 18 nitrogen and oxygen atoms in total. The van der Waals surface area contributed by atoms with Gasteiger partial charge in [0.1, 0.15) is 42.3 Å². The zero-order valence-electron chi connectivity index (χ0n) is 35.1. The first-order chi connectivity index (χ1) is 25.8. The number of carbonyl (C=O) groups excluding carboxylic acids is 7. The maximum Gasteiger partial charge on any atom is 0.325 e. The summed E-state index contributed by atoms with van der Waals surface area (Å²) in [6.45, 7) is 19.8. The standard InChI is InChI=1S/C38H69N7O11/c1-18(2)13-25(43-36(53)29(47)17-46)32(49)39-23(11)31(48)41-27(15-20(5)6)34(51)42-28(16-21(7)8)35(52)45-30(22(9)10)37(54)44-26(14-19(3)4)33(50)40-24(12)38(55)56/h18-30,46-47H,13-17H2,1-12H3,(H,39,49)(H,40,50)(H,41,48)(H,42,51)(H,43,53)(H,44,54)(H,45,52)(H,55,56)/t23-,24-,25-,26-,27-,28-,29?,30+/m1/s1. The molecular formula is C38H69N7O11. The summed E-state index contributed by atoms with van der Waals surface area (Å²) in [5.41, 5.74) is 0. The first-order valence-corrected chi connectivity index (χ1v) is 19.4. The van der Waals surface area contributed by atoms with Crippen molar-refractivity contribution in [3.05, 3.63) is 0 Å². The summed E-state index contributed by atoms with van der Waals surface area (Å²) >= 11 is 0. The molecule has 0 bridgehead atoms. The van der Waals surface area contributed by atoms with Crippen LogP contribution in [0.25, 0.3) is 0 Å². The SMILES string of the molecule is CC(C)C[C@@H](NC(=O)C(O)CO)C(=O)N[C@H](C)C(=O)N[C@H](CC(C)C)C(=O)N[C@H](CC(C)C)C(=O)N[C@H](C(=O)N[C@H](CC(C)C)C(=O)N[C@H](C)C(=O)O)C(C)C. The zero-order valence-corrected chi connectivity index (χ0v) is 35.1. The van der Waals surface area contributed by atoms with Gasteiger partial charge in [-0.3, -0.25) is 38.4 Å². The molecule has 0 aliphatic heterocycles. The van der Waals surface area contributed by atoms with E-state index in [9.17, 15) is 48.6 Å². The molecule has 0 spiro atoms. The molecule has 0 saturated heterocycles. The number of rotatable bonds is 25. The van der Waals surface area contributed by atoms with E-state index in [-0.39, 0.29) is 49.4 Å². The van der Waals surface area contributed by atoms with Crippen LogP contribution in [0.15, 0.2) is 0 Å². The van der Waals surface area contributed by atoms with Crippen molar-refractivity contribution in [3.63, 3.8) is 0 Å². The topological polar surface area (TPSA) is 281 Å². The average Bonchev–Trinajstić information content (AvgIpc) is 3.07. The third-order valence-corrected chi connectivity index (χ3v) is 8.56. The molecule has 1 unspecified atom stereocenters. The fourth-order valence-corrected chi connectivity index (χ4v) is 5.54. The number of hydrogen-bond acceptors (Lipinski definition) is 10. The Morgan fingerprint density at radius 1 is 0.411 bits per heavy atom. The van der Waals surface area contributed by atoms with Crippen LogP contribution in [0.3, 0.4) is 0 Å². The lowest BCUT2D eigenvalue weighted by molar-refractivity contribution is -0.142. The summed E-state index contributed by atoms with van der Waals surface area (Å²) in [5.74, 6) is -7.13. The number of carbonyl (C=O) groups is 8. The van der Waals surface area contributed by atoms with Crippen LogP contribution in [-0.4, -0.2) is 118 Å². The first-order valence-electron chi connectivity index (χ1n) is 19.4. The van der Waals surface area contributed by atoms with Gasteiger partial charge in [-0.25, -0.2) is 0 Å². The van der Waals surface area contributed by atoms with Crippen LogP contribution in [0.1, 0.15) is 109 Å². The monoisotopic (exact) mass is 800 g/mol. The Morgan fingerprint density at radius 3 is 1.05 bits per heavy atom. The number of carboxylic acid groups (broad SMARTS) is 1. The lowest BCUT2D eigenvalue weighted by atomic mass is 9.97. The van der Waals surface area contributed by atoms with Crippen molar-refractivity contribution in [2.75, 3.05) is 6.61 Å². The Hall–Kier alpha value is -4.32. The second-order valence-electron chi connectivity index (χ2n) is 16.5. The summed E-state index contributed by atoms with van der Waals surface area (Å²) in [5, 5.41) is 46.0. The highest BCUT2D eigenvalue weighted by atomic mass is 16.4. The van der Waals surface area contributed by atoms with Crippen LogP contribution in [0, 0.1) is 29.6 Å². The number of amides is 7. The molecule has 0 aliphatic rings. The van der Waals surface area contributed by atoms with Crippen molar-refractivity contribution in [1.29, 1.82) is 0 Å². The summed E-state index contributed by atoms with van der Waals surface area (Å²) in [6.07, 6.45) is -1.04. The van der Waals surface area contributed by atoms with Crippen molar-refractivity contribution < 1.29 is 53.7 Å². The van der Waals surface area contributed by atoms with Crippen LogP contribution in [0.2, 0.25) is 0 Å². The van der Waals surface area contributed by atoms with Crippen LogP contribution in [0.5, 0.6) is 0 Å². The van der Waals surface area contributed by atoms with E-state index in [1.54, 1.807) is 13.8 Å². The summed E-state index contributed by atoms with van der Waals surface area (Å²) in [4.78, 5) is 104. The maximum absolute atomic E-state index is 13.8. The second kappa shape index (κ2) is 25.0. The van der Waals surface area contributed by atoms with Gasteiger partial charge in [0.15, 0.2) is 6.10 Å². The van der Waals surface area contributed by atoms with Crippen molar-refractivity contribution in [2.24, 2.45) is 29.6 Å². The Kier molecular flexibility index (Phi) is 23.1. The van der Waals surface area contributed by atoms with Crippen molar-refractivity contribution in [2.45, 2.75) is 157 Å². The molecule has 0 radical (unpaired) electrons. The van der Waals surface area contributed by atoms with E-state index in [1.807, 2.05) is 55.4 Å². The van der Waals surface area contributed by atoms with E-state index >= 15 is 0 Å². The van der Waals surface area contributed by atoms with Crippen molar-refractivity contribution in [3.8, 4) is 0 Å². The van der Waals surface area contributed by atoms with E-state index in [1.165, 1.54) is 13.8 Å². The largest absolute Gasteiger partial charge is 0.480 e. The van der Waals surface area contributed by atoms with Crippen LogP contribution < -0.4 is 37.2 Å². The highest BCUT2D eigenvalue weighted by Gasteiger charge is 2.35. The van der Waals surface area contributed by atoms with Gasteiger partial charge in [0.25, 0.3) is 5.91 Å². The molecule has 0 aliphatic carbocycles. The Balaban J connectivity index is 6.10. The number of aliphatic hydroxyl groups excluding tert-OH is 2. The molecule has 8 atom stereocenters. The maximum atomic E-state index is 13.8. The highest BCUT2D eigenvalue weighted by molar-refractivity contribution is 5.97. The first kappa shape index (κ1) is 51.7. The van der Waals surface area contributed by atoms with E-state index in [2.05, 4.69) is 37.2 Å². The van der Waals surface area contributed by atoms with Crippen LogP contribution >= 0.6 is 0 Å². The smallest absolute Gasteiger partial charge is 0.325 e. The minimum atomic E-state index is -1.74. The van der Waals surface area contributed by atoms with Gasteiger partial charge in [0, 0.05) is 0 Å². The molecular weight excluding hydrogens is 730 g/mol. The molecule has 10 N–H and O–H groups in total. The van der Waals surface area contributed by atoms with E-state index in [0.717, 1.165) is 0 Å². The third kappa shape index (κ3) is 19.5. The van der Waals surface area contributed by atoms with Gasteiger partial charge in [0.2, 0.25) is 35.4 Å². The van der Waals surface area contributed by atoms with Gasteiger partial charge in [-0.1, -0.05) is 69.2 Å². The fraction of sp³-hybridized carbons (Fsp3) is 0.789. The molecule has 0 aromatic rings.